The quantitative estimate of drug-likeness (QED) is 0.337. The molecule has 134 valence electrons. The van der Waals surface area contributed by atoms with E-state index in [-0.39, 0.29) is 5.91 Å². The van der Waals surface area contributed by atoms with E-state index in [0.717, 1.165) is 15.8 Å². The van der Waals surface area contributed by atoms with Crippen LogP contribution in [0.4, 0.5) is 5.13 Å². The van der Waals surface area contributed by atoms with E-state index in [1.54, 1.807) is 42.7 Å². The summed E-state index contributed by atoms with van der Waals surface area (Å²) in [5.74, 6) is 0.215. The molecule has 5 nitrogen and oxygen atoms in total. The summed E-state index contributed by atoms with van der Waals surface area (Å²) in [5.41, 5.74) is 2.37. The summed E-state index contributed by atoms with van der Waals surface area (Å²) in [5, 5.41) is 6.56. The van der Waals surface area contributed by atoms with Gasteiger partial charge in [-0.25, -0.2) is 4.98 Å². The summed E-state index contributed by atoms with van der Waals surface area (Å²) in [7, 11) is 0. The highest BCUT2D eigenvalue weighted by Gasteiger charge is 2.21. The molecule has 0 saturated carbocycles. The van der Waals surface area contributed by atoms with Gasteiger partial charge in [0.05, 0.1) is 22.7 Å². The average Bonchev–Trinajstić information content (AvgIpc) is 3.31. The Labute approximate surface area is 164 Å². The predicted octanol–water partition coefficient (Wildman–Crippen LogP) is 5.53. The van der Waals surface area contributed by atoms with Crippen LogP contribution in [0.3, 0.4) is 0 Å². The summed E-state index contributed by atoms with van der Waals surface area (Å²) in [6.45, 7) is 2.02. The summed E-state index contributed by atoms with van der Waals surface area (Å²) in [4.78, 5) is 17.7. The first-order valence-corrected chi connectivity index (χ1v) is 9.34. The Bertz CT molecular complexity index is 1140. The second-order valence-electron chi connectivity index (χ2n) is 5.85. The number of aromatic nitrogens is 1. The minimum Gasteiger partial charge on any atom is -0.463 e. The lowest BCUT2D eigenvalue weighted by Crippen LogP contribution is -2.25. The van der Waals surface area contributed by atoms with Crippen molar-refractivity contribution in [1.82, 2.24) is 4.98 Å². The van der Waals surface area contributed by atoms with Gasteiger partial charge in [-0.3, -0.25) is 4.79 Å². The van der Waals surface area contributed by atoms with E-state index in [1.807, 2.05) is 25.1 Å². The van der Waals surface area contributed by atoms with E-state index < -0.39 is 0 Å². The third-order valence-corrected chi connectivity index (χ3v) is 5.05. The molecule has 0 aliphatic heterocycles. The van der Waals surface area contributed by atoms with Gasteiger partial charge in [-0.2, -0.15) is 10.1 Å². The fourth-order valence-electron chi connectivity index (χ4n) is 2.52. The van der Waals surface area contributed by atoms with Crippen LogP contribution >= 0.6 is 22.9 Å². The summed E-state index contributed by atoms with van der Waals surface area (Å²) in [6, 6.07) is 16.2. The lowest BCUT2D eigenvalue weighted by atomic mass is 10.2. The van der Waals surface area contributed by atoms with Crippen molar-refractivity contribution in [3.05, 3.63) is 82.8 Å². The number of carbonyl (C=O) groups excluding carboxylic acids is 1. The molecule has 0 aliphatic rings. The fourth-order valence-corrected chi connectivity index (χ4v) is 3.73. The van der Waals surface area contributed by atoms with Crippen LogP contribution in [0.15, 0.2) is 70.4 Å². The third-order valence-electron chi connectivity index (χ3n) is 3.82. The van der Waals surface area contributed by atoms with Gasteiger partial charge >= 0.3 is 0 Å². The molecule has 0 fully saturated rings. The predicted molar refractivity (Wildman–Crippen MR) is 109 cm³/mol. The number of nitrogens with zero attached hydrogens (tertiary/aromatic N) is 3. The Hall–Kier alpha value is -2.96. The van der Waals surface area contributed by atoms with Gasteiger partial charge in [-0.05, 0) is 55.0 Å². The number of aryl methyl sites for hydroxylation is 1. The Morgan fingerprint density at radius 2 is 2.11 bits per heavy atom. The topological polar surface area (TPSA) is 58.7 Å². The Kier molecular flexibility index (Phi) is 4.75. The molecule has 4 rings (SSSR count). The van der Waals surface area contributed by atoms with Crippen molar-refractivity contribution >= 4 is 50.4 Å². The van der Waals surface area contributed by atoms with Gasteiger partial charge in [0, 0.05) is 10.6 Å². The van der Waals surface area contributed by atoms with Crippen LogP contribution in [0, 0.1) is 6.92 Å². The minimum atomic E-state index is -0.323. The zero-order chi connectivity index (χ0) is 18.8. The van der Waals surface area contributed by atoms with E-state index >= 15 is 0 Å². The number of carbonyl (C=O) groups is 1. The van der Waals surface area contributed by atoms with Crippen molar-refractivity contribution in [1.29, 1.82) is 0 Å². The number of rotatable bonds is 4. The number of fused-ring (bicyclic) bond motifs is 1. The first-order chi connectivity index (χ1) is 13.1. The smallest absolute Gasteiger partial charge is 0.280 e. The van der Waals surface area contributed by atoms with Gasteiger partial charge in [0.15, 0.2) is 0 Å². The first-order valence-electron chi connectivity index (χ1n) is 8.15. The molecule has 0 radical (unpaired) electrons. The average molecular weight is 396 g/mol. The molecule has 2 heterocycles. The molecule has 0 aliphatic carbocycles. The number of hydrogen-bond acceptors (Lipinski definition) is 5. The van der Waals surface area contributed by atoms with Gasteiger partial charge in [0.1, 0.15) is 5.76 Å². The maximum absolute atomic E-state index is 13.1. The number of thiazole rings is 1. The molecule has 1 amide bonds. The molecule has 2 aromatic carbocycles. The number of hydrazone groups is 1. The summed E-state index contributed by atoms with van der Waals surface area (Å²) >= 11 is 7.44. The van der Waals surface area contributed by atoms with Gasteiger partial charge in [0.25, 0.3) is 5.91 Å². The van der Waals surface area contributed by atoms with Crippen LogP contribution in [-0.4, -0.2) is 17.1 Å². The molecule has 7 heteroatoms. The lowest BCUT2D eigenvalue weighted by molar-refractivity contribution is 0.0988. The number of hydrogen-bond donors (Lipinski definition) is 0. The highest BCUT2D eigenvalue weighted by molar-refractivity contribution is 7.22. The van der Waals surface area contributed by atoms with Gasteiger partial charge in [0.2, 0.25) is 5.13 Å². The monoisotopic (exact) mass is 395 g/mol. The van der Waals surface area contributed by atoms with Crippen LogP contribution in [-0.2, 0) is 0 Å². The SMILES string of the molecule is Cc1ccc2nc(N(/N=C\c3ccco3)C(=O)c3cccc(Cl)c3)sc2c1. The largest absolute Gasteiger partial charge is 0.463 e. The van der Waals surface area contributed by atoms with E-state index in [9.17, 15) is 4.79 Å². The molecule has 2 aromatic heterocycles. The van der Waals surface area contributed by atoms with Gasteiger partial charge in [-0.15, -0.1) is 0 Å². The molecule has 0 saturated heterocycles. The zero-order valence-electron chi connectivity index (χ0n) is 14.3. The molecular formula is C20H14ClN3O2S. The van der Waals surface area contributed by atoms with Gasteiger partial charge in [-0.1, -0.05) is 35.1 Å². The molecule has 0 atom stereocenters. The highest BCUT2D eigenvalue weighted by atomic mass is 35.5. The number of amides is 1. The Balaban J connectivity index is 1.77. The van der Waals surface area contributed by atoms with E-state index in [4.69, 9.17) is 16.0 Å². The molecular weight excluding hydrogens is 382 g/mol. The Morgan fingerprint density at radius 3 is 2.89 bits per heavy atom. The second-order valence-corrected chi connectivity index (χ2v) is 7.30. The number of halogens is 1. The lowest BCUT2D eigenvalue weighted by Gasteiger charge is -2.13. The molecule has 0 N–H and O–H groups in total. The molecule has 4 aromatic rings. The van der Waals surface area contributed by atoms with Gasteiger partial charge < -0.3 is 4.42 Å². The fraction of sp³-hybridized carbons (Fsp3) is 0.0500. The molecule has 0 bridgehead atoms. The first kappa shape index (κ1) is 17.5. The standard InChI is InChI=1S/C20H14ClN3O2S/c1-13-7-8-17-18(10-13)27-20(23-17)24(22-12-16-6-3-9-26-16)19(25)14-4-2-5-15(21)11-14/h2-12H,1H3/b22-12-. The molecule has 0 unspecified atom stereocenters. The molecule has 0 spiro atoms. The van der Waals surface area contributed by atoms with Crippen LogP contribution in [0.1, 0.15) is 21.7 Å². The van der Waals surface area contributed by atoms with Crippen LogP contribution < -0.4 is 5.01 Å². The summed E-state index contributed by atoms with van der Waals surface area (Å²) in [6.07, 6.45) is 3.03. The van der Waals surface area contributed by atoms with Crippen molar-refractivity contribution in [3.63, 3.8) is 0 Å². The zero-order valence-corrected chi connectivity index (χ0v) is 15.9. The van der Waals surface area contributed by atoms with Crippen LogP contribution in [0.2, 0.25) is 5.02 Å². The number of furan rings is 1. The van der Waals surface area contributed by atoms with Crippen molar-refractivity contribution in [2.45, 2.75) is 6.92 Å². The van der Waals surface area contributed by atoms with Crippen molar-refractivity contribution in [2.75, 3.05) is 5.01 Å². The number of anilines is 1. The number of benzene rings is 2. The van der Waals surface area contributed by atoms with Crippen molar-refractivity contribution < 1.29 is 9.21 Å². The minimum absolute atomic E-state index is 0.323. The maximum atomic E-state index is 13.1. The van der Waals surface area contributed by atoms with E-state index in [2.05, 4.69) is 10.1 Å². The van der Waals surface area contributed by atoms with Crippen LogP contribution in [0.25, 0.3) is 10.2 Å². The van der Waals surface area contributed by atoms with Crippen molar-refractivity contribution in [3.8, 4) is 0 Å². The van der Waals surface area contributed by atoms with E-state index in [1.165, 1.54) is 22.6 Å². The van der Waals surface area contributed by atoms with E-state index in [0.29, 0.717) is 21.5 Å². The van der Waals surface area contributed by atoms with Crippen LogP contribution in [0.5, 0.6) is 0 Å². The Morgan fingerprint density at radius 1 is 1.22 bits per heavy atom. The second kappa shape index (κ2) is 7.34. The summed E-state index contributed by atoms with van der Waals surface area (Å²) < 4.78 is 6.26. The molecule has 27 heavy (non-hydrogen) atoms. The maximum Gasteiger partial charge on any atom is 0.280 e. The highest BCUT2D eigenvalue weighted by Crippen LogP contribution is 2.31. The van der Waals surface area contributed by atoms with Crippen molar-refractivity contribution in [2.24, 2.45) is 5.10 Å². The normalized spacial score (nSPS) is 11.3. The third kappa shape index (κ3) is 3.77.